The second kappa shape index (κ2) is 11.2. The first-order valence-corrected chi connectivity index (χ1v) is 9.60. The van der Waals surface area contributed by atoms with Gasteiger partial charge >= 0.3 is 6.09 Å². The molecule has 0 aromatic heterocycles. The van der Waals surface area contributed by atoms with Gasteiger partial charge in [-0.3, -0.25) is 4.79 Å². The van der Waals surface area contributed by atoms with E-state index in [4.69, 9.17) is 4.74 Å². The van der Waals surface area contributed by atoms with E-state index in [1.807, 2.05) is 66.7 Å². The summed E-state index contributed by atoms with van der Waals surface area (Å²) in [6, 6.07) is 27.5. The Bertz CT molecular complexity index is 961. The smallest absolute Gasteiger partial charge is 0.407 e. The van der Waals surface area contributed by atoms with Gasteiger partial charge in [0.05, 0.1) is 6.04 Å². The number of hydrogen-bond acceptors (Lipinski definition) is 4. The minimum atomic E-state index is -0.555. The highest BCUT2D eigenvalue weighted by molar-refractivity contribution is 5.94. The second-order valence-electron chi connectivity index (χ2n) is 6.59. The summed E-state index contributed by atoms with van der Waals surface area (Å²) in [5, 5.41) is 6.81. The third-order valence-corrected chi connectivity index (χ3v) is 4.27. The Hall–Kier alpha value is -3.93. The molecule has 1 atom stereocenters. The first-order valence-electron chi connectivity index (χ1n) is 9.60. The van der Waals surface area contributed by atoms with Crippen molar-refractivity contribution in [3.63, 3.8) is 0 Å². The Morgan fingerprint density at radius 1 is 0.833 bits per heavy atom. The minimum Gasteiger partial charge on any atom is -0.445 e. The lowest BCUT2D eigenvalue weighted by Crippen LogP contribution is -2.38. The quantitative estimate of drug-likeness (QED) is 0.443. The molecule has 0 bridgehead atoms. The van der Waals surface area contributed by atoms with Crippen LogP contribution in [0.15, 0.2) is 96.1 Å². The van der Waals surface area contributed by atoms with Crippen molar-refractivity contribution in [3.05, 3.63) is 108 Å². The van der Waals surface area contributed by atoms with Gasteiger partial charge in [-0.15, -0.1) is 0 Å². The maximum absolute atomic E-state index is 12.3. The van der Waals surface area contributed by atoms with Gasteiger partial charge in [0.15, 0.2) is 0 Å². The fraction of sp³-hybridized carbons (Fsp3) is 0.125. The predicted octanol–water partition coefficient (Wildman–Crippen LogP) is 3.94. The van der Waals surface area contributed by atoms with Crippen LogP contribution in [-0.4, -0.2) is 24.3 Å². The maximum Gasteiger partial charge on any atom is 0.407 e. The van der Waals surface area contributed by atoms with E-state index in [1.165, 1.54) is 6.21 Å². The molecule has 3 aromatic carbocycles. The highest BCUT2D eigenvalue weighted by Gasteiger charge is 2.13. The Kier molecular flexibility index (Phi) is 7.74. The molecule has 0 saturated heterocycles. The number of nitrogens with zero attached hydrogens (tertiary/aromatic N) is 1. The highest BCUT2D eigenvalue weighted by atomic mass is 16.5. The van der Waals surface area contributed by atoms with Gasteiger partial charge in [-0.25, -0.2) is 10.2 Å². The summed E-state index contributed by atoms with van der Waals surface area (Å²) in [7, 11) is 0. The van der Waals surface area contributed by atoms with Crippen molar-refractivity contribution in [1.82, 2.24) is 10.7 Å². The average Bonchev–Trinajstić information content (AvgIpc) is 2.79. The van der Waals surface area contributed by atoms with Crippen LogP contribution in [0.5, 0.6) is 0 Å². The molecule has 0 radical (unpaired) electrons. The van der Waals surface area contributed by atoms with Crippen LogP contribution >= 0.6 is 0 Å². The molecule has 152 valence electrons. The van der Waals surface area contributed by atoms with Crippen LogP contribution in [0.1, 0.15) is 21.5 Å². The van der Waals surface area contributed by atoms with Crippen molar-refractivity contribution in [2.24, 2.45) is 5.10 Å². The van der Waals surface area contributed by atoms with E-state index < -0.39 is 12.1 Å². The van der Waals surface area contributed by atoms with Gasteiger partial charge in [0.2, 0.25) is 0 Å². The molecule has 2 amide bonds. The number of nitrogens with one attached hydrogen (secondary N) is 2. The summed E-state index contributed by atoms with van der Waals surface area (Å²) >= 11 is 0. The normalized spacial score (nSPS) is 11.6. The van der Waals surface area contributed by atoms with Gasteiger partial charge in [0.25, 0.3) is 5.91 Å². The van der Waals surface area contributed by atoms with Crippen molar-refractivity contribution in [1.29, 1.82) is 0 Å². The van der Waals surface area contributed by atoms with Gasteiger partial charge in [0.1, 0.15) is 6.61 Å². The topological polar surface area (TPSA) is 79.8 Å². The van der Waals surface area contributed by atoms with Crippen LogP contribution in [0.25, 0.3) is 0 Å². The number of alkyl carbamates (subject to hydrolysis) is 1. The van der Waals surface area contributed by atoms with Crippen molar-refractivity contribution in [2.75, 3.05) is 0 Å². The molecule has 0 heterocycles. The molecule has 0 aliphatic rings. The zero-order valence-electron chi connectivity index (χ0n) is 16.4. The summed E-state index contributed by atoms with van der Waals surface area (Å²) in [5.74, 6) is -0.322. The third-order valence-electron chi connectivity index (χ3n) is 4.27. The monoisotopic (exact) mass is 401 g/mol. The molecule has 0 saturated carbocycles. The van der Waals surface area contributed by atoms with Crippen LogP contribution in [0.4, 0.5) is 4.79 Å². The van der Waals surface area contributed by atoms with Crippen LogP contribution in [0.3, 0.4) is 0 Å². The maximum atomic E-state index is 12.3. The lowest BCUT2D eigenvalue weighted by atomic mass is 10.1. The molecule has 6 nitrogen and oxygen atoms in total. The molecule has 0 fully saturated rings. The van der Waals surface area contributed by atoms with Gasteiger partial charge in [-0.05, 0) is 29.7 Å². The van der Waals surface area contributed by atoms with E-state index in [-0.39, 0.29) is 12.5 Å². The molecular weight excluding hydrogens is 378 g/mol. The molecule has 6 heteroatoms. The Balaban J connectivity index is 1.59. The number of rotatable bonds is 8. The SMILES string of the molecule is O=C(N[C@H](/C=N\NC(=O)c1ccccc1)Cc1ccccc1)OCc1ccccc1. The summed E-state index contributed by atoms with van der Waals surface area (Å²) in [6.07, 6.45) is 1.45. The van der Waals surface area contributed by atoms with Gasteiger partial charge in [-0.2, -0.15) is 5.10 Å². The van der Waals surface area contributed by atoms with E-state index in [1.54, 1.807) is 24.3 Å². The number of ether oxygens (including phenoxy) is 1. The Morgan fingerprint density at radius 2 is 1.40 bits per heavy atom. The minimum absolute atomic E-state index is 0.173. The van der Waals surface area contributed by atoms with Crippen LogP contribution in [-0.2, 0) is 17.8 Å². The first kappa shape index (κ1) is 20.8. The number of benzene rings is 3. The predicted molar refractivity (Wildman–Crippen MR) is 116 cm³/mol. The van der Waals surface area contributed by atoms with E-state index in [0.29, 0.717) is 12.0 Å². The summed E-state index contributed by atoms with van der Waals surface area (Å²) in [4.78, 5) is 24.4. The lowest BCUT2D eigenvalue weighted by molar-refractivity contribution is 0.0955. The Labute approximate surface area is 175 Å². The number of carbonyl (C=O) groups is 2. The first-order chi connectivity index (χ1) is 14.7. The van der Waals surface area contributed by atoms with Crippen molar-refractivity contribution in [3.8, 4) is 0 Å². The van der Waals surface area contributed by atoms with Gasteiger partial charge in [0, 0.05) is 11.8 Å². The fourth-order valence-corrected chi connectivity index (χ4v) is 2.77. The zero-order chi connectivity index (χ0) is 21.0. The Morgan fingerprint density at radius 3 is 2.03 bits per heavy atom. The number of carbonyl (C=O) groups excluding carboxylic acids is 2. The summed E-state index contributed by atoms with van der Waals surface area (Å²) in [5.41, 5.74) is 4.91. The molecule has 0 aliphatic heterocycles. The van der Waals surface area contributed by atoms with Gasteiger partial charge < -0.3 is 10.1 Å². The van der Waals surface area contributed by atoms with Crippen LogP contribution in [0, 0.1) is 0 Å². The number of hydrazone groups is 1. The highest BCUT2D eigenvalue weighted by Crippen LogP contribution is 2.04. The molecule has 30 heavy (non-hydrogen) atoms. The van der Waals surface area contributed by atoms with Crippen molar-refractivity contribution in [2.45, 2.75) is 19.1 Å². The zero-order valence-corrected chi connectivity index (χ0v) is 16.4. The van der Waals surface area contributed by atoms with Crippen molar-refractivity contribution >= 4 is 18.2 Å². The van der Waals surface area contributed by atoms with Crippen LogP contribution < -0.4 is 10.7 Å². The molecule has 0 aliphatic carbocycles. The van der Waals surface area contributed by atoms with Crippen molar-refractivity contribution < 1.29 is 14.3 Å². The van der Waals surface area contributed by atoms with E-state index in [0.717, 1.165) is 11.1 Å². The standard InChI is InChI=1S/C24H23N3O3/c28-23(21-14-8-3-9-15-21)27-25-17-22(16-19-10-4-1-5-11-19)26-24(29)30-18-20-12-6-2-7-13-20/h1-15,17,22H,16,18H2,(H,26,29)(H,27,28)/b25-17-/t22-/m0/s1. The number of amides is 2. The molecule has 0 spiro atoms. The fourth-order valence-electron chi connectivity index (χ4n) is 2.77. The summed E-state index contributed by atoms with van der Waals surface area (Å²) < 4.78 is 5.29. The molecule has 2 N–H and O–H groups in total. The summed E-state index contributed by atoms with van der Waals surface area (Å²) in [6.45, 7) is 0.173. The molecule has 3 aromatic rings. The molecule has 0 unspecified atom stereocenters. The van der Waals surface area contributed by atoms with E-state index in [2.05, 4.69) is 15.8 Å². The largest absolute Gasteiger partial charge is 0.445 e. The lowest BCUT2D eigenvalue weighted by Gasteiger charge is -2.15. The third kappa shape index (κ3) is 6.91. The van der Waals surface area contributed by atoms with Crippen LogP contribution in [0.2, 0.25) is 0 Å². The molecule has 3 rings (SSSR count). The van der Waals surface area contributed by atoms with E-state index in [9.17, 15) is 9.59 Å². The molecular formula is C24H23N3O3. The average molecular weight is 401 g/mol. The number of hydrogen-bond donors (Lipinski definition) is 2. The second-order valence-corrected chi connectivity index (χ2v) is 6.59. The van der Waals surface area contributed by atoms with E-state index >= 15 is 0 Å². The van der Waals surface area contributed by atoms with Gasteiger partial charge in [-0.1, -0.05) is 78.9 Å².